The highest BCUT2D eigenvalue weighted by atomic mass is 32.2. The van der Waals surface area contributed by atoms with Gasteiger partial charge in [0.05, 0.1) is 11.9 Å². The maximum Gasteiger partial charge on any atom is 0.232 e. The van der Waals surface area contributed by atoms with Crippen LogP contribution in [-0.4, -0.2) is 27.1 Å². The van der Waals surface area contributed by atoms with E-state index < -0.39 is 10.0 Å². The lowest BCUT2D eigenvalue weighted by Crippen LogP contribution is -2.33. The third-order valence-corrected chi connectivity index (χ3v) is 4.83. The van der Waals surface area contributed by atoms with Crippen LogP contribution in [0.3, 0.4) is 0 Å². The van der Waals surface area contributed by atoms with Gasteiger partial charge in [0.2, 0.25) is 15.9 Å². The van der Waals surface area contributed by atoms with Gasteiger partial charge in [0.25, 0.3) is 0 Å². The maximum absolute atomic E-state index is 12.1. The zero-order valence-electron chi connectivity index (χ0n) is 13.9. The number of para-hydroxylation sites is 1. The Bertz CT molecular complexity index is 772. The van der Waals surface area contributed by atoms with Crippen molar-refractivity contribution in [2.75, 3.05) is 22.4 Å². The molecule has 0 unspecified atom stereocenters. The van der Waals surface area contributed by atoms with Gasteiger partial charge in [-0.25, -0.2) is 8.42 Å². The minimum atomic E-state index is -3.44. The largest absolute Gasteiger partial charge is 0.326 e. The number of carbonyl (C=O) groups excluding carboxylic acids is 1. The molecule has 0 aliphatic rings. The molecule has 0 saturated heterocycles. The molecule has 0 saturated carbocycles. The van der Waals surface area contributed by atoms with E-state index in [1.54, 1.807) is 24.3 Å². The second kappa shape index (κ2) is 7.97. The van der Waals surface area contributed by atoms with E-state index in [1.165, 1.54) is 9.87 Å². The molecule has 6 heteroatoms. The molecular formula is C18H22N2O3S. The Morgan fingerprint density at radius 2 is 1.67 bits per heavy atom. The monoisotopic (exact) mass is 346 g/mol. The molecule has 1 N–H and O–H groups in total. The first-order valence-corrected chi connectivity index (χ1v) is 9.66. The van der Waals surface area contributed by atoms with E-state index in [0.29, 0.717) is 11.4 Å². The number of carbonyl (C=O) groups is 1. The molecule has 0 atom stereocenters. The van der Waals surface area contributed by atoms with E-state index in [4.69, 9.17) is 0 Å². The Morgan fingerprint density at radius 1 is 1.04 bits per heavy atom. The molecule has 0 heterocycles. The smallest absolute Gasteiger partial charge is 0.232 e. The van der Waals surface area contributed by atoms with Crippen LogP contribution in [0.4, 0.5) is 11.4 Å². The molecule has 1 amide bonds. The lowest BCUT2D eigenvalue weighted by atomic mass is 10.1. The topological polar surface area (TPSA) is 66.5 Å². The molecule has 0 bridgehead atoms. The summed E-state index contributed by atoms with van der Waals surface area (Å²) in [6, 6.07) is 16.4. The van der Waals surface area contributed by atoms with E-state index in [-0.39, 0.29) is 18.9 Å². The molecule has 24 heavy (non-hydrogen) atoms. The summed E-state index contributed by atoms with van der Waals surface area (Å²) >= 11 is 0. The van der Waals surface area contributed by atoms with Crippen molar-refractivity contribution >= 4 is 27.3 Å². The Kier molecular flexibility index (Phi) is 5.98. The molecule has 0 aromatic heterocycles. The Morgan fingerprint density at radius 3 is 2.21 bits per heavy atom. The van der Waals surface area contributed by atoms with E-state index >= 15 is 0 Å². The van der Waals surface area contributed by atoms with Crippen molar-refractivity contribution in [3.63, 3.8) is 0 Å². The van der Waals surface area contributed by atoms with E-state index in [1.807, 2.05) is 30.3 Å². The molecule has 2 aromatic carbocycles. The number of benzene rings is 2. The summed E-state index contributed by atoms with van der Waals surface area (Å²) in [4.78, 5) is 12.1. The molecule has 0 aliphatic carbocycles. The van der Waals surface area contributed by atoms with Gasteiger partial charge in [-0.05, 0) is 36.2 Å². The minimum Gasteiger partial charge on any atom is -0.326 e. The highest BCUT2D eigenvalue weighted by molar-refractivity contribution is 7.92. The quantitative estimate of drug-likeness (QED) is 0.838. The van der Waals surface area contributed by atoms with Crippen LogP contribution in [0.2, 0.25) is 0 Å². The van der Waals surface area contributed by atoms with Gasteiger partial charge in [-0.15, -0.1) is 0 Å². The van der Waals surface area contributed by atoms with Crippen molar-refractivity contribution < 1.29 is 13.2 Å². The van der Waals surface area contributed by atoms with Crippen molar-refractivity contribution in [2.45, 2.75) is 19.8 Å². The first-order valence-electron chi connectivity index (χ1n) is 7.81. The van der Waals surface area contributed by atoms with Crippen molar-refractivity contribution in [1.29, 1.82) is 0 Å². The Hall–Kier alpha value is -2.34. The van der Waals surface area contributed by atoms with Gasteiger partial charge >= 0.3 is 0 Å². The second-order valence-corrected chi connectivity index (χ2v) is 7.43. The van der Waals surface area contributed by atoms with Crippen LogP contribution in [0.1, 0.15) is 18.9 Å². The fourth-order valence-corrected chi connectivity index (χ4v) is 3.26. The average molecular weight is 346 g/mol. The standard InChI is InChI=1S/C18H22N2O3S/c1-3-15-9-11-16(12-10-15)19-18(21)13-14-20(24(2,22)23)17-7-5-4-6-8-17/h4-12H,3,13-14H2,1-2H3,(H,19,21). The van der Waals surface area contributed by atoms with Crippen LogP contribution in [0.5, 0.6) is 0 Å². The summed E-state index contributed by atoms with van der Waals surface area (Å²) in [7, 11) is -3.44. The minimum absolute atomic E-state index is 0.0808. The summed E-state index contributed by atoms with van der Waals surface area (Å²) in [5.74, 6) is -0.219. The Balaban J connectivity index is 1.99. The Labute approximate surface area is 143 Å². The molecule has 2 rings (SSSR count). The van der Waals surface area contributed by atoms with E-state index in [2.05, 4.69) is 12.2 Å². The summed E-state index contributed by atoms with van der Waals surface area (Å²) in [5.41, 5.74) is 2.46. The SMILES string of the molecule is CCc1ccc(NC(=O)CCN(c2ccccc2)S(C)(=O)=O)cc1. The van der Waals surface area contributed by atoms with Crippen LogP contribution < -0.4 is 9.62 Å². The molecule has 0 radical (unpaired) electrons. The van der Waals surface area contributed by atoms with Gasteiger partial charge in [-0.2, -0.15) is 0 Å². The van der Waals surface area contributed by atoms with Crippen LogP contribution in [0, 0.1) is 0 Å². The molecule has 128 valence electrons. The van der Waals surface area contributed by atoms with Gasteiger partial charge in [0.1, 0.15) is 0 Å². The van der Waals surface area contributed by atoms with Crippen molar-refractivity contribution in [1.82, 2.24) is 0 Å². The fraction of sp³-hybridized carbons (Fsp3) is 0.278. The number of amides is 1. The first-order chi connectivity index (χ1) is 11.4. The van der Waals surface area contributed by atoms with Gasteiger partial charge in [-0.3, -0.25) is 9.10 Å². The summed E-state index contributed by atoms with van der Waals surface area (Å²) in [5, 5.41) is 2.79. The van der Waals surface area contributed by atoms with E-state index in [0.717, 1.165) is 12.7 Å². The number of aryl methyl sites for hydroxylation is 1. The predicted octanol–water partition coefficient (Wildman–Crippen LogP) is 3.04. The highest BCUT2D eigenvalue weighted by Crippen LogP contribution is 2.17. The number of rotatable bonds is 7. The van der Waals surface area contributed by atoms with Gasteiger partial charge < -0.3 is 5.32 Å². The van der Waals surface area contributed by atoms with Gasteiger partial charge in [0, 0.05) is 18.7 Å². The number of hydrogen-bond donors (Lipinski definition) is 1. The average Bonchev–Trinajstić information content (AvgIpc) is 2.55. The predicted molar refractivity (Wildman–Crippen MR) is 97.7 cm³/mol. The molecule has 0 aliphatic heterocycles. The van der Waals surface area contributed by atoms with Crippen LogP contribution in [0.25, 0.3) is 0 Å². The summed E-state index contributed by atoms with van der Waals surface area (Å²) < 4.78 is 25.2. The molecule has 5 nitrogen and oxygen atoms in total. The lowest BCUT2D eigenvalue weighted by Gasteiger charge is -2.22. The van der Waals surface area contributed by atoms with E-state index in [9.17, 15) is 13.2 Å². The number of nitrogens with one attached hydrogen (secondary N) is 1. The van der Waals surface area contributed by atoms with Crippen molar-refractivity contribution in [3.05, 3.63) is 60.2 Å². The first kappa shape index (κ1) is 18.0. The van der Waals surface area contributed by atoms with Crippen molar-refractivity contribution in [2.24, 2.45) is 0 Å². The highest BCUT2D eigenvalue weighted by Gasteiger charge is 2.18. The lowest BCUT2D eigenvalue weighted by molar-refractivity contribution is -0.116. The summed E-state index contributed by atoms with van der Waals surface area (Å²) in [6.07, 6.45) is 2.16. The number of anilines is 2. The van der Waals surface area contributed by atoms with Gasteiger partial charge in [0.15, 0.2) is 0 Å². The van der Waals surface area contributed by atoms with Crippen LogP contribution in [-0.2, 0) is 21.2 Å². The zero-order valence-corrected chi connectivity index (χ0v) is 14.7. The zero-order chi connectivity index (χ0) is 17.6. The van der Waals surface area contributed by atoms with Crippen LogP contribution in [0.15, 0.2) is 54.6 Å². The van der Waals surface area contributed by atoms with Crippen molar-refractivity contribution in [3.8, 4) is 0 Å². The fourth-order valence-electron chi connectivity index (χ4n) is 2.33. The summed E-state index contributed by atoms with van der Waals surface area (Å²) in [6.45, 7) is 2.17. The second-order valence-electron chi connectivity index (χ2n) is 5.52. The molecular weight excluding hydrogens is 324 g/mol. The molecule has 0 spiro atoms. The number of nitrogens with zero attached hydrogens (tertiary/aromatic N) is 1. The molecule has 0 fully saturated rings. The van der Waals surface area contributed by atoms with Crippen LogP contribution >= 0.6 is 0 Å². The normalized spacial score (nSPS) is 11.1. The molecule has 2 aromatic rings. The number of sulfonamides is 1. The maximum atomic E-state index is 12.1. The van der Waals surface area contributed by atoms with Gasteiger partial charge in [-0.1, -0.05) is 37.3 Å². The number of hydrogen-bond acceptors (Lipinski definition) is 3. The third-order valence-electron chi connectivity index (χ3n) is 3.63. The third kappa shape index (κ3) is 5.09.